The Bertz CT molecular complexity index is 792. The van der Waals surface area contributed by atoms with Gasteiger partial charge in [-0.3, -0.25) is 0 Å². The van der Waals surface area contributed by atoms with Gasteiger partial charge < -0.3 is 10.5 Å². The Morgan fingerprint density at radius 2 is 2.00 bits per heavy atom. The highest BCUT2D eigenvalue weighted by atomic mass is 16.5. The summed E-state index contributed by atoms with van der Waals surface area (Å²) in [6.07, 6.45) is 1.92. The van der Waals surface area contributed by atoms with Gasteiger partial charge in [0.05, 0.1) is 7.11 Å². The maximum absolute atomic E-state index is 5.66. The molecule has 1 aromatic carbocycles. The van der Waals surface area contributed by atoms with E-state index in [0.717, 1.165) is 28.1 Å². The molecule has 0 amide bonds. The predicted octanol–water partition coefficient (Wildman–Crippen LogP) is 2.60. The number of nitrogens with zero attached hydrogens (tertiary/aromatic N) is 3. The highest BCUT2D eigenvalue weighted by molar-refractivity contribution is 5.73. The summed E-state index contributed by atoms with van der Waals surface area (Å²) in [5.41, 5.74) is 10.7. The van der Waals surface area contributed by atoms with Crippen molar-refractivity contribution >= 4 is 11.6 Å². The van der Waals surface area contributed by atoms with Crippen molar-refractivity contribution in [3.8, 4) is 16.9 Å². The second-order valence-electron chi connectivity index (χ2n) is 4.85. The second kappa shape index (κ2) is 4.52. The van der Waals surface area contributed by atoms with E-state index in [4.69, 9.17) is 10.5 Å². The fourth-order valence-corrected chi connectivity index (χ4v) is 2.36. The molecule has 0 spiro atoms. The van der Waals surface area contributed by atoms with E-state index >= 15 is 0 Å². The first-order valence-corrected chi connectivity index (χ1v) is 6.36. The van der Waals surface area contributed by atoms with Crippen molar-refractivity contribution in [3.05, 3.63) is 41.6 Å². The third kappa shape index (κ3) is 1.97. The van der Waals surface area contributed by atoms with E-state index in [1.165, 1.54) is 5.56 Å². The van der Waals surface area contributed by atoms with Crippen LogP contribution in [0.3, 0.4) is 0 Å². The molecular weight excluding hydrogens is 252 g/mol. The lowest BCUT2D eigenvalue weighted by atomic mass is 10.0. The molecule has 102 valence electrons. The lowest BCUT2D eigenvalue weighted by molar-refractivity contribution is 0.416. The van der Waals surface area contributed by atoms with Gasteiger partial charge in [-0.15, -0.1) is 5.10 Å². The quantitative estimate of drug-likeness (QED) is 0.776. The largest absolute Gasteiger partial charge is 0.496 e. The Balaban J connectivity index is 2.26. The summed E-state index contributed by atoms with van der Waals surface area (Å²) in [6.45, 7) is 4.05. The molecule has 0 aliphatic heterocycles. The van der Waals surface area contributed by atoms with Crippen molar-refractivity contribution in [2.75, 3.05) is 12.8 Å². The minimum absolute atomic E-state index is 0.279. The molecule has 3 aromatic rings. The standard InChI is InChI=1S/C15H16N4O/c1-9-4-5-13(20-3)12(6-9)11-7-10(2)14-17-15(16)18-19(14)8-11/h4-8H,1-3H3,(H2,16,18). The number of benzene rings is 1. The lowest BCUT2D eigenvalue weighted by Gasteiger charge is -2.10. The third-order valence-electron chi connectivity index (χ3n) is 3.30. The Morgan fingerprint density at radius 1 is 1.20 bits per heavy atom. The van der Waals surface area contributed by atoms with Gasteiger partial charge in [0, 0.05) is 17.3 Å². The number of methoxy groups -OCH3 is 1. The van der Waals surface area contributed by atoms with Crippen LogP contribution in [0.25, 0.3) is 16.8 Å². The van der Waals surface area contributed by atoms with Gasteiger partial charge in [0.1, 0.15) is 5.75 Å². The van der Waals surface area contributed by atoms with Crippen molar-refractivity contribution in [2.24, 2.45) is 0 Å². The molecule has 0 aliphatic rings. The van der Waals surface area contributed by atoms with Gasteiger partial charge in [-0.2, -0.15) is 4.98 Å². The fourth-order valence-electron chi connectivity index (χ4n) is 2.36. The molecule has 0 saturated heterocycles. The molecule has 0 atom stereocenters. The Labute approximate surface area is 117 Å². The molecule has 0 unspecified atom stereocenters. The molecule has 5 heteroatoms. The number of nitrogen functional groups attached to an aromatic ring is 1. The highest BCUT2D eigenvalue weighted by Crippen LogP contribution is 2.31. The van der Waals surface area contributed by atoms with Crippen molar-refractivity contribution in [2.45, 2.75) is 13.8 Å². The topological polar surface area (TPSA) is 65.4 Å². The Hall–Kier alpha value is -2.56. The van der Waals surface area contributed by atoms with Crippen LogP contribution >= 0.6 is 0 Å². The number of nitrogens with two attached hydrogens (primary N) is 1. The Kier molecular flexibility index (Phi) is 2.82. The molecule has 0 fully saturated rings. The van der Waals surface area contributed by atoms with Crippen molar-refractivity contribution in [3.63, 3.8) is 0 Å². The normalized spacial score (nSPS) is 10.9. The Morgan fingerprint density at radius 3 is 2.75 bits per heavy atom. The number of pyridine rings is 1. The summed E-state index contributed by atoms with van der Waals surface area (Å²) in [4.78, 5) is 4.21. The number of fused-ring (bicyclic) bond motifs is 1. The van der Waals surface area contributed by atoms with E-state index in [2.05, 4.69) is 29.1 Å². The lowest BCUT2D eigenvalue weighted by Crippen LogP contribution is -1.95. The van der Waals surface area contributed by atoms with Crippen LogP contribution in [0.4, 0.5) is 5.95 Å². The minimum atomic E-state index is 0.279. The van der Waals surface area contributed by atoms with Crippen LogP contribution in [-0.4, -0.2) is 21.7 Å². The van der Waals surface area contributed by atoms with Gasteiger partial charge in [-0.25, -0.2) is 4.52 Å². The summed E-state index contributed by atoms with van der Waals surface area (Å²) in [5.74, 6) is 1.11. The molecule has 0 radical (unpaired) electrons. The number of anilines is 1. The average Bonchev–Trinajstić information content (AvgIpc) is 2.79. The first-order chi connectivity index (χ1) is 9.58. The predicted molar refractivity (Wildman–Crippen MR) is 78.9 cm³/mol. The fraction of sp³-hybridized carbons (Fsp3) is 0.200. The van der Waals surface area contributed by atoms with Gasteiger partial charge in [-0.05, 0) is 37.6 Å². The molecule has 2 heterocycles. The van der Waals surface area contributed by atoms with Crippen LogP contribution in [-0.2, 0) is 0 Å². The van der Waals surface area contributed by atoms with E-state index in [9.17, 15) is 0 Å². The monoisotopic (exact) mass is 268 g/mol. The number of hydrogen-bond donors (Lipinski definition) is 1. The first-order valence-electron chi connectivity index (χ1n) is 6.36. The van der Waals surface area contributed by atoms with Crippen LogP contribution in [0.15, 0.2) is 30.5 Å². The number of rotatable bonds is 2. The highest BCUT2D eigenvalue weighted by Gasteiger charge is 2.11. The van der Waals surface area contributed by atoms with Crippen LogP contribution < -0.4 is 10.5 Å². The van der Waals surface area contributed by atoms with Gasteiger partial charge in [-0.1, -0.05) is 11.6 Å². The maximum atomic E-state index is 5.66. The molecule has 3 rings (SSSR count). The van der Waals surface area contributed by atoms with Crippen molar-refractivity contribution in [1.29, 1.82) is 0 Å². The third-order valence-corrected chi connectivity index (χ3v) is 3.30. The van der Waals surface area contributed by atoms with E-state index in [0.29, 0.717) is 0 Å². The molecule has 0 saturated carbocycles. The molecule has 0 bridgehead atoms. The van der Waals surface area contributed by atoms with E-state index in [1.54, 1.807) is 11.6 Å². The summed E-state index contributed by atoms with van der Waals surface area (Å²) < 4.78 is 7.15. The SMILES string of the molecule is COc1ccc(C)cc1-c1cc(C)c2nc(N)nn2c1. The average molecular weight is 268 g/mol. The van der Waals surface area contributed by atoms with Crippen LogP contribution in [0, 0.1) is 13.8 Å². The summed E-state index contributed by atoms with van der Waals surface area (Å²) in [6, 6.07) is 8.17. The zero-order valence-electron chi connectivity index (χ0n) is 11.7. The van der Waals surface area contributed by atoms with Crippen LogP contribution in [0.2, 0.25) is 0 Å². The van der Waals surface area contributed by atoms with Gasteiger partial charge in [0.2, 0.25) is 5.95 Å². The molecule has 5 nitrogen and oxygen atoms in total. The number of hydrogen-bond acceptors (Lipinski definition) is 4. The van der Waals surface area contributed by atoms with Crippen LogP contribution in [0.1, 0.15) is 11.1 Å². The summed E-state index contributed by atoms with van der Waals surface area (Å²) in [5, 5.41) is 4.18. The summed E-state index contributed by atoms with van der Waals surface area (Å²) in [7, 11) is 1.67. The van der Waals surface area contributed by atoms with Crippen LogP contribution in [0.5, 0.6) is 5.75 Å². The molecular formula is C15H16N4O. The smallest absolute Gasteiger partial charge is 0.240 e. The van der Waals surface area contributed by atoms with Gasteiger partial charge in [0.15, 0.2) is 5.65 Å². The molecule has 2 N–H and O–H groups in total. The van der Waals surface area contributed by atoms with E-state index in [1.807, 2.05) is 25.3 Å². The minimum Gasteiger partial charge on any atom is -0.496 e. The molecule has 0 aliphatic carbocycles. The molecule has 20 heavy (non-hydrogen) atoms. The first kappa shape index (κ1) is 12.5. The van der Waals surface area contributed by atoms with E-state index in [-0.39, 0.29) is 5.95 Å². The molecule has 2 aromatic heterocycles. The zero-order chi connectivity index (χ0) is 14.3. The zero-order valence-corrected chi connectivity index (χ0v) is 11.7. The number of aryl methyl sites for hydroxylation is 2. The van der Waals surface area contributed by atoms with E-state index < -0.39 is 0 Å². The summed E-state index contributed by atoms with van der Waals surface area (Å²) >= 11 is 0. The van der Waals surface area contributed by atoms with Crippen molar-refractivity contribution < 1.29 is 4.74 Å². The van der Waals surface area contributed by atoms with Crippen molar-refractivity contribution in [1.82, 2.24) is 14.6 Å². The van der Waals surface area contributed by atoms with Gasteiger partial charge >= 0.3 is 0 Å². The van der Waals surface area contributed by atoms with Gasteiger partial charge in [0.25, 0.3) is 0 Å². The second-order valence-corrected chi connectivity index (χ2v) is 4.85. The number of ether oxygens (including phenoxy) is 1. The number of aromatic nitrogens is 3. The maximum Gasteiger partial charge on any atom is 0.240 e.